The maximum absolute atomic E-state index is 12.0. The van der Waals surface area contributed by atoms with Gasteiger partial charge < -0.3 is 9.47 Å². The normalized spacial score (nSPS) is 38.6. The molecule has 4 atom stereocenters. The smallest absolute Gasteiger partial charge is 0.321 e. The number of fused-ring (bicyclic) bond motifs is 1. The average Bonchev–Trinajstić information content (AvgIpc) is 2.26. The van der Waals surface area contributed by atoms with E-state index in [4.69, 9.17) is 9.47 Å². The molecule has 1 aliphatic carbocycles. The van der Waals surface area contributed by atoms with Crippen LogP contribution in [0.5, 0.6) is 0 Å². The summed E-state index contributed by atoms with van der Waals surface area (Å²) < 4.78 is 10.2. The van der Waals surface area contributed by atoms with Crippen molar-refractivity contribution in [3.05, 3.63) is 0 Å². The van der Waals surface area contributed by atoms with Crippen molar-refractivity contribution in [1.29, 1.82) is 0 Å². The van der Waals surface area contributed by atoms with E-state index in [-0.39, 0.29) is 11.8 Å². The summed E-state index contributed by atoms with van der Waals surface area (Å²) in [7, 11) is 1.33. The first-order valence-corrected chi connectivity index (χ1v) is 6.67. The van der Waals surface area contributed by atoms with Crippen molar-refractivity contribution in [3.8, 4) is 0 Å². The van der Waals surface area contributed by atoms with Gasteiger partial charge in [-0.15, -0.1) is 0 Å². The topological polar surface area (TPSA) is 52.6 Å². The van der Waals surface area contributed by atoms with Crippen LogP contribution in [0.4, 0.5) is 0 Å². The second kappa shape index (κ2) is 4.56. The van der Waals surface area contributed by atoms with Gasteiger partial charge in [-0.25, -0.2) is 0 Å². The Morgan fingerprint density at radius 2 is 2.06 bits per heavy atom. The highest BCUT2D eigenvalue weighted by Gasteiger charge is 2.54. The SMILES string of the molecule is COC(=O)[C@H]1C(=O)OC(C)(C)[C@H]2CC[C@@H](C)C[C@H]12. The number of esters is 2. The molecule has 0 unspecified atom stereocenters. The van der Waals surface area contributed by atoms with E-state index in [9.17, 15) is 9.59 Å². The summed E-state index contributed by atoms with van der Waals surface area (Å²) in [5, 5.41) is 0. The van der Waals surface area contributed by atoms with Crippen LogP contribution in [0, 0.1) is 23.7 Å². The maximum Gasteiger partial charge on any atom is 0.321 e. The molecule has 0 spiro atoms. The van der Waals surface area contributed by atoms with Crippen LogP contribution >= 0.6 is 0 Å². The summed E-state index contributed by atoms with van der Waals surface area (Å²) >= 11 is 0. The number of ether oxygens (including phenoxy) is 2. The number of hydrogen-bond donors (Lipinski definition) is 0. The molecule has 1 aliphatic heterocycles. The molecule has 0 aromatic carbocycles. The van der Waals surface area contributed by atoms with Gasteiger partial charge in [0.05, 0.1) is 7.11 Å². The molecule has 18 heavy (non-hydrogen) atoms. The first-order chi connectivity index (χ1) is 8.36. The fourth-order valence-corrected chi connectivity index (χ4v) is 3.63. The third-order valence-electron chi connectivity index (χ3n) is 4.56. The van der Waals surface area contributed by atoms with Crippen LogP contribution in [-0.4, -0.2) is 24.6 Å². The highest BCUT2D eigenvalue weighted by Crippen LogP contribution is 2.48. The summed E-state index contributed by atoms with van der Waals surface area (Å²) in [6.07, 6.45) is 3.05. The Balaban J connectivity index is 2.31. The highest BCUT2D eigenvalue weighted by atomic mass is 16.6. The van der Waals surface area contributed by atoms with E-state index in [1.165, 1.54) is 7.11 Å². The van der Waals surface area contributed by atoms with Crippen LogP contribution in [0.3, 0.4) is 0 Å². The lowest BCUT2D eigenvalue weighted by Gasteiger charge is -2.49. The predicted octanol–water partition coefficient (Wildman–Crippen LogP) is 2.16. The van der Waals surface area contributed by atoms with Crippen molar-refractivity contribution in [1.82, 2.24) is 0 Å². The number of hydrogen-bond acceptors (Lipinski definition) is 4. The van der Waals surface area contributed by atoms with E-state index in [0.29, 0.717) is 5.92 Å². The summed E-state index contributed by atoms with van der Waals surface area (Å²) in [5.74, 6) is -0.703. The molecular weight excluding hydrogens is 232 g/mol. The zero-order valence-corrected chi connectivity index (χ0v) is 11.6. The van der Waals surface area contributed by atoms with Crippen LogP contribution in [0.1, 0.15) is 40.0 Å². The lowest BCUT2D eigenvalue weighted by Crippen LogP contribution is -2.55. The molecule has 0 bridgehead atoms. The minimum atomic E-state index is -0.726. The van der Waals surface area contributed by atoms with Gasteiger partial charge in [-0.2, -0.15) is 0 Å². The van der Waals surface area contributed by atoms with Gasteiger partial charge in [0, 0.05) is 5.92 Å². The monoisotopic (exact) mass is 254 g/mol. The molecule has 1 saturated heterocycles. The minimum absolute atomic E-state index is 0.0671. The largest absolute Gasteiger partial charge is 0.468 e. The summed E-state index contributed by atoms with van der Waals surface area (Å²) in [6, 6.07) is 0. The van der Waals surface area contributed by atoms with Gasteiger partial charge in [0.25, 0.3) is 0 Å². The Bertz CT molecular complexity index is 361. The lowest BCUT2D eigenvalue weighted by atomic mass is 9.62. The van der Waals surface area contributed by atoms with Gasteiger partial charge >= 0.3 is 11.9 Å². The van der Waals surface area contributed by atoms with Gasteiger partial charge in [0.1, 0.15) is 5.60 Å². The second-order valence-electron chi connectivity index (χ2n) is 6.21. The molecular formula is C14H22O4. The first kappa shape index (κ1) is 13.4. The number of carbonyl (C=O) groups excluding carboxylic acids is 2. The van der Waals surface area contributed by atoms with E-state index in [1.807, 2.05) is 13.8 Å². The fourth-order valence-electron chi connectivity index (χ4n) is 3.63. The van der Waals surface area contributed by atoms with Crippen molar-refractivity contribution >= 4 is 11.9 Å². The van der Waals surface area contributed by atoms with E-state index in [1.54, 1.807) is 0 Å². The quantitative estimate of drug-likeness (QED) is 0.531. The summed E-state index contributed by atoms with van der Waals surface area (Å²) in [6.45, 7) is 6.08. The predicted molar refractivity (Wildman–Crippen MR) is 65.7 cm³/mol. The van der Waals surface area contributed by atoms with Gasteiger partial charge in [-0.3, -0.25) is 9.59 Å². The van der Waals surface area contributed by atoms with Crippen molar-refractivity contribution in [2.45, 2.75) is 45.6 Å². The second-order valence-corrected chi connectivity index (χ2v) is 6.21. The van der Waals surface area contributed by atoms with Crippen molar-refractivity contribution in [2.75, 3.05) is 7.11 Å². The van der Waals surface area contributed by atoms with Crippen LogP contribution in [0.25, 0.3) is 0 Å². The Labute approximate surface area is 108 Å². The molecule has 4 nitrogen and oxygen atoms in total. The van der Waals surface area contributed by atoms with Crippen molar-refractivity contribution < 1.29 is 19.1 Å². The van der Waals surface area contributed by atoms with Crippen LogP contribution in [0.2, 0.25) is 0 Å². The first-order valence-electron chi connectivity index (χ1n) is 6.67. The zero-order valence-electron chi connectivity index (χ0n) is 11.6. The molecule has 102 valence electrons. The molecule has 4 heteroatoms. The van der Waals surface area contributed by atoms with E-state index >= 15 is 0 Å². The number of carbonyl (C=O) groups is 2. The molecule has 1 saturated carbocycles. The van der Waals surface area contributed by atoms with Gasteiger partial charge in [-0.05, 0) is 38.5 Å². The van der Waals surface area contributed by atoms with Crippen LogP contribution in [-0.2, 0) is 19.1 Å². The molecule has 2 fully saturated rings. The molecule has 0 radical (unpaired) electrons. The number of cyclic esters (lactones) is 1. The molecule has 0 aromatic heterocycles. The highest BCUT2D eigenvalue weighted by molar-refractivity contribution is 5.96. The van der Waals surface area contributed by atoms with Crippen LogP contribution < -0.4 is 0 Å². The van der Waals surface area contributed by atoms with Gasteiger partial charge in [-0.1, -0.05) is 13.3 Å². The van der Waals surface area contributed by atoms with Gasteiger partial charge in [0.2, 0.25) is 0 Å². The number of methoxy groups -OCH3 is 1. The Hall–Kier alpha value is -1.06. The van der Waals surface area contributed by atoms with E-state index in [0.717, 1.165) is 19.3 Å². The summed E-state index contributed by atoms with van der Waals surface area (Å²) in [5.41, 5.74) is -0.466. The lowest BCUT2D eigenvalue weighted by molar-refractivity contribution is -0.199. The van der Waals surface area contributed by atoms with Gasteiger partial charge in [0.15, 0.2) is 5.92 Å². The molecule has 1 heterocycles. The molecule has 0 aromatic rings. The molecule has 2 rings (SSSR count). The maximum atomic E-state index is 12.0. The fraction of sp³-hybridized carbons (Fsp3) is 0.857. The Kier molecular flexibility index (Phi) is 3.39. The Morgan fingerprint density at radius 3 is 2.67 bits per heavy atom. The Morgan fingerprint density at radius 1 is 1.39 bits per heavy atom. The van der Waals surface area contributed by atoms with Crippen molar-refractivity contribution in [2.24, 2.45) is 23.7 Å². The van der Waals surface area contributed by atoms with Crippen molar-refractivity contribution in [3.63, 3.8) is 0 Å². The standard InChI is InChI=1S/C14H22O4/c1-8-5-6-10-9(7-8)11(12(15)17-4)13(16)18-14(10,2)3/h8-11H,5-7H2,1-4H3/t8-,9+,10+,11+/m1/s1. The molecule has 0 amide bonds. The third-order valence-corrected chi connectivity index (χ3v) is 4.56. The number of rotatable bonds is 1. The minimum Gasteiger partial charge on any atom is -0.468 e. The average molecular weight is 254 g/mol. The van der Waals surface area contributed by atoms with E-state index in [2.05, 4.69) is 6.92 Å². The zero-order chi connectivity index (χ0) is 13.5. The van der Waals surface area contributed by atoms with E-state index < -0.39 is 23.5 Å². The molecule has 2 aliphatic rings. The van der Waals surface area contributed by atoms with Crippen LogP contribution in [0.15, 0.2) is 0 Å². The summed E-state index contributed by atoms with van der Waals surface area (Å²) in [4.78, 5) is 23.9. The third kappa shape index (κ3) is 2.13. The molecule has 0 N–H and O–H groups in total.